The molecule has 1 aromatic carbocycles. The highest BCUT2D eigenvalue weighted by Gasteiger charge is 2.11. The van der Waals surface area contributed by atoms with Crippen LogP contribution < -0.4 is 10.9 Å². The lowest BCUT2D eigenvalue weighted by atomic mass is 10.1. The van der Waals surface area contributed by atoms with E-state index in [1.165, 1.54) is 0 Å². The fourth-order valence-electron chi connectivity index (χ4n) is 2.20. The van der Waals surface area contributed by atoms with Crippen molar-refractivity contribution in [2.45, 2.75) is 39.8 Å². The number of aryl methyl sites for hydroxylation is 1. The molecule has 2 rings (SSSR count). The molecule has 4 heteroatoms. The summed E-state index contributed by atoms with van der Waals surface area (Å²) in [4.78, 5) is 24.3. The van der Waals surface area contributed by atoms with Crippen LogP contribution in [0.5, 0.6) is 0 Å². The number of pyridine rings is 1. The van der Waals surface area contributed by atoms with Gasteiger partial charge in [-0.15, -0.1) is 0 Å². The van der Waals surface area contributed by atoms with Crippen molar-refractivity contribution in [1.82, 2.24) is 9.88 Å². The molecule has 2 aromatic rings. The Morgan fingerprint density at radius 3 is 2.75 bits per heavy atom. The van der Waals surface area contributed by atoms with E-state index in [0.717, 1.165) is 17.3 Å². The normalized spacial score (nSPS) is 12.3. The Morgan fingerprint density at radius 2 is 2.05 bits per heavy atom. The third kappa shape index (κ3) is 2.90. The van der Waals surface area contributed by atoms with E-state index in [1.54, 1.807) is 11.5 Å². The summed E-state index contributed by atoms with van der Waals surface area (Å²) in [5, 5.41) is 3.86. The number of hydrogen-bond acceptors (Lipinski definition) is 2. The monoisotopic (exact) mass is 272 g/mol. The van der Waals surface area contributed by atoms with Gasteiger partial charge in [-0.05, 0) is 37.8 Å². The van der Waals surface area contributed by atoms with E-state index in [4.69, 9.17) is 0 Å². The first-order chi connectivity index (χ1) is 9.52. The average molecular weight is 272 g/mol. The van der Waals surface area contributed by atoms with Gasteiger partial charge in [0.1, 0.15) is 6.54 Å². The maximum absolute atomic E-state index is 12.3. The molecule has 1 unspecified atom stereocenters. The van der Waals surface area contributed by atoms with Crippen LogP contribution in [0.15, 0.2) is 35.1 Å². The predicted molar refractivity (Wildman–Crippen MR) is 80.8 cm³/mol. The highest BCUT2D eigenvalue weighted by atomic mass is 16.2. The second-order valence-corrected chi connectivity index (χ2v) is 5.15. The zero-order valence-corrected chi connectivity index (χ0v) is 12.1. The van der Waals surface area contributed by atoms with Gasteiger partial charge < -0.3 is 5.32 Å². The fourth-order valence-corrected chi connectivity index (χ4v) is 2.20. The molecule has 1 heterocycles. The Labute approximate surface area is 118 Å². The van der Waals surface area contributed by atoms with Crippen molar-refractivity contribution in [3.8, 4) is 0 Å². The zero-order chi connectivity index (χ0) is 14.7. The van der Waals surface area contributed by atoms with Crippen molar-refractivity contribution in [2.24, 2.45) is 0 Å². The maximum Gasteiger partial charge on any atom is 0.254 e. The predicted octanol–water partition coefficient (Wildman–Crippen LogP) is 2.22. The highest BCUT2D eigenvalue weighted by molar-refractivity contribution is 5.82. The first kappa shape index (κ1) is 14.3. The Balaban J connectivity index is 2.40. The molecule has 0 saturated heterocycles. The third-order valence-corrected chi connectivity index (χ3v) is 3.50. The molecule has 0 radical (unpaired) electrons. The number of amides is 1. The minimum Gasteiger partial charge on any atom is -0.352 e. The van der Waals surface area contributed by atoms with Gasteiger partial charge in [-0.2, -0.15) is 0 Å². The second kappa shape index (κ2) is 5.90. The first-order valence-corrected chi connectivity index (χ1v) is 6.91. The van der Waals surface area contributed by atoms with Crippen LogP contribution >= 0.6 is 0 Å². The van der Waals surface area contributed by atoms with E-state index in [-0.39, 0.29) is 24.1 Å². The lowest BCUT2D eigenvalue weighted by Gasteiger charge is -2.14. The van der Waals surface area contributed by atoms with Crippen molar-refractivity contribution < 1.29 is 4.79 Å². The number of benzene rings is 1. The number of aromatic nitrogens is 1. The van der Waals surface area contributed by atoms with E-state index in [9.17, 15) is 9.59 Å². The van der Waals surface area contributed by atoms with Gasteiger partial charge in [0.15, 0.2) is 0 Å². The molecule has 4 nitrogen and oxygen atoms in total. The summed E-state index contributed by atoms with van der Waals surface area (Å²) in [5.41, 5.74) is 1.34. The fraction of sp³-hybridized carbons (Fsp3) is 0.375. The van der Waals surface area contributed by atoms with Crippen LogP contribution in [0.1, 0.15) is 25.8 Å². The van der Waals surface area contributed by atoms with Gasteiger partial charge in [0.2, 0.25) is 5.91 Å². The zero-order valence-electron chi connectivity index (χ0n) is 12.1. The number of nitrogens with zero attached hydrogens (tertiary/aromatic N) is 1. The van der Waals surface area contributed by atoms with Gasteiger partial charge in [0.25, 0.3) is 5.56 Å². The van der Waals surface area contributed by atoms with E-state index in [2.05, 4.69) is 5.32 Å². The topological polar surface area (TPSA) is 51.1 Å². The molecule has 0 aliphatic heterocycles. The summed E-state index contributed by atoms with van der Waals surface area (Å²) >= 11 is 0. The van der Waals surface area contributed by atoms with Crippen LogP contribution in [0.25, 0.3) is 10.9 Å². The van der Waals surface area contributed by atoms with Gasteiger partial charge in [0.05, 0.1) is 5.52 Å². The van der Waals surface area contributed by atoms with Crippen LogP contribution in [0.2, 0.25) is 0 Å². The number of fused-ring (bicyclic) bond motifs is 1. The number of rotatable bonds is 4. The van der Waals surface area contributed by atoms with E-state index < -0.39 is 0 Å². The Bertz CT molecular complexity index is 688. The van der Waals surface area contributed by atoms with Gasteiger partial charge >= 0.3 is 0 Å². The Morgan fingerprint density at radius 1 is 1.35 bits per heavy atom. The lowest BCUT2D eigenvalue weighted by Crippen LogP contribution is -2.37. The molecule has 0 saturated carbocycles. The molecule has 1 amide bonds. The van der Waals surface area contributed by atoms with Crippen LogP contribution in [0, 0.1) is 6.92 Å². The summed E-state index contributed by atoms with van der Waals surface area (Å²) in [6, 6.07) is 9.60. The van der Waals surface area contributed by atoms with E-state index in [1.807, 2.05) is 44.2 Å². The highest BCUT2D eigenvalue weighted by Crippen LogP contribution is 2.12. The second-order valence-electron chi connectivity index (χ2n) is 5.15. The number of carbonyl (C=O) groups excluding carboxylic acids is 1. The Hall–Kier alpha value is -2.10. The smallest absolute Gasteiger partial charge is 0.254 e. The summed E-state index contributed by atoms with van der Waals surface area (Å²) in [5.74, 6) is -0.128. The van der Waals surface area contributed by atoms with Crippen molar-refractivity contribution in [2.75, 3.05) is 0 Å². The molecule has 106 valence electrons. The van der Waals surface area contributed by atoms with E-state index >= 15 is 0 Å². The molecule has 1 atom stereocenters. The molecular weight excluding hydrogens is 252 g/mol. The van der Waals surface area contributed by atoms with Crippen LogP contribution in [0.3, 0.4) is 0 Å². The van der Waals surface area contributed by atoms with Crippen LogP contribution in [0.4, 0.5) is 0 Å². The van der Waals surface area contributed by atoms with Crippen LogP contribution in [-0.4, -0.2) is 16.5 Å². The minimum absolute atomic E-state index is 0.0609. The largest absolute Gasteiger partial charge is 0.352 e. The molecule has 0 aliphatic rings. The van der Waals surface area contributed by atoms with Gasteiger partial charge in [-0.25, -0.2) is 0 Å². The maximum atomic E-state index is 12.3. The van der Waals surface area contributed by atoms with Gasteiger partial charge in [-0.3, -0.25) is 14.2 Å². The summed E-state index contributed by atoms with van der Waals surface area (Å²) < 4.78 is 1.54. The standard InChI is InChI=1S/C16H20N2O2/c1-4-12(3)17-15(19)10-18-14-8-6-5-7-13(14)9-11(2)16(18)20/h5-9,12H,4,10H2,1-3H3,(H,17,19). The number of nitrogens with one attached hydrogen (secondary N) is 1. The van der Waals surface area contributed by atoms with E-state index in [0.29, 0.717) is 5.56 Å². The molecule has 1 N–H and O–H groups in total. The molecular formula is C16H20N2O2. The summed E-state index contributed by atoms with van der Waals surface area (Å²) in [7, 11) is 0. The third-order valence-electron chi connectivity index (χ3n) is 3.50. The molecule has 0 bridgehead atoms. The van der Waals surface area contributed by atoms with Crippen molar-refractivity contribution in [3.63, 3.8) is 0 Å². The lowest BCUT2D eigenvalue weighted by molar-refractivity contribution is -0.122. The molecule has 0 spiro atoms. The minimum atomic E-state index is -0.128. The van der Waals surface area contributed by atoms with Crippen molar-refractivity contribution in [3.05, 3.63) is 46.2 Å². The number of carbonyl (C=O) groups is 1. The van der Waals surface area contributed by atoms with Gasteiger partial charge in [-0.1, -0.05) is 25.1 Å². The molecule has 0 aliphatic carbocycles. The molecule has 1 aromatic heterocycles. The van der Waals surface area contributed by atoms with Crippen molar-refractivity contribution in [1.29, 1.82) is 0 Å². The Kier molecular flexibility index (Phi) is 4.23. The number of hydrogen-bond donors (Lipinski definition) is 1. The first-order valence-electron chi connectivity index (χ1n) is 6.91. The SMILES string of the molecule is CCC(C)NC(=O)Cn1c(=O)c(C)cc2ccccc21. The molecule has 0 fully saturated rings. The number of para-hydroxylation sites is 1. The summed E-state index contributed by atoms with van der Waals surface area (Å²) in [6.07, 6.45) is 0.870. The van der Waals surface area contributed by atoms with Gasteiger partial charge in [0, 0.05) is 11.6 Å². The van der Waals surface area contributed by atoms with Crippen molar-refractivity contribution >= 4 is 16.8 Å². The summed E-state index contributed by atoms with van der Waals surface area (Å²) in [6.45, 7) is 5.80. The molecule has 20 heavy (non-hydrogen) atoms. The average Bonchev–Trinajstić information content (AvgIpc) is 2.43. The quantitative estimate of drug-likeness (QED) is 0.928. The van der Waals surface area contributed by atoms with Crippen LogP contribution in [-0.2, 0) is 11.3 Å².